The Labute approximate surface area is 124 Å². The Balaban J connectivity index is 1.89. The van der Waals surface area contributed by atoms with Gasteiger partial charge in [-0.25, -0.2) is 4.98 Å². The second-order valence-corrected chi connectivity index (χ2v) is 5.17. The summed E-state index contributed by atoms with van der Waals surface area (Å²) in [6.07, 6.45) is 3.33. The van der Waals surface area contributed by atoms with Crippen LogP contribution in [0.1, 0.15) is 25.5 Å². The molecule has 0 aliphatic carbocycles. The van der Waals surface area contributed by atoms with E-state index in [-0.39, 0.29) is 11.6 Å². The van der Waals surface area contributed by atoms with Crippen LogP contribution < -0.4 is 15.6 Å². The van der Waals surface area contributed by atoms with E-state index in [9.17, 15) is 4.79 Å². The Hall–Kier alpha value is -2.30. The van der Waals surface area contributed by atoms with Crippen molar-refractivity contribution in [1.82, 2.24) is 9.55 Å². The molecule has 0 spiro atoms. The SMILES string of the molecule is Cc1cccc(OCCNc2nccn(C(C)C)c2=O)c1. The average molecular weight is 287 g/mol. The van der Waals surface area contributed by atoms with Crippen LogP contribution in [0.3, 0.4) is 0 Å². The highest BCUT2D eigenvalue weighted by molar-refractivity contribution is 5.31. The van der Waals surface area contributed by atoms with Gasteiger partial charge in [0.05, 0.1) is 6.54 Å². The number of nitrogens with one attached hydrogen (secondary N) is 1. The number of rotatable bonds is 6. The van der Waals surface area contributed by atoms with Crippen molar-refractivity contribution < 1.29 is 4.74 Å². The van der Waals surface area contributed by atoms with E-state index in [1.54, 1.807) is 17.0 Å². The molecule has 0 saturated heterocycles. The minimum absolute atomic E-state index is 0.108. The van der Waals surface area contributed by atoms with Crippen LogP contribution in [-0.2, 0) is 0 Å². The van der Waals surface area contributed by atoms with Gasteiger partial charge in [0.2, 0.25) is 0 Å². The number of nitrogens with zero attached hydrogens (tertiary/aromatic N) is 2. The maximum absolute atomic E-state index is 12.1. The zero-order valence-electron chi connectivity index (χ0n) is 12.7. The Morgan fingerprint density at radius 2 is 2.19 bits per heavy atom. The average Bonchev–Trinajstić information content (AvgIpc) is 2.45. The summed E-state index contributed by atoms with van der Waals surface area (Å²) in [5, 5.41) is 3.02. The predicted molar refractivity (Wildman–Crippen MR) is 84.0 cm³/mol. The van der Waals surface area contributed by atoms with Gasteiger partial charge in [0, 0.05) is 18.4 Å². The molecule has 0 fully saturated rings. The van der Waals surface area contributed by atoms with Crippen molar-refractivity contribution in [2.75, 3.05) is 18.5 Å². The second-order valence-electron chi connectivity index (χ2n) is 5.17. The van der Waals surface area contributed by atoms with E-state index in [0.29, 0.717) is 19.0 Å². The smallest absolute Gasteiger partial charge is 0.293 e. The zero-order chi connectivity index (χ0) is 15.2. The van der Waals surface area contributed by atoms with Gasteiger partial charge < -0.3 is 14.6 Å². The second kappa shape index (κ2) is 6.92. The Kier molecular flexibility index (Phi) is 4.98. The number of ether oxygens (including phenoxy) is 1. The zero-order valence-corrected chi connectivity index (χ0v) is 12.7. The summed E-state index contributed by atoms with van der Waals surface area (Å²) in [5.41, 5.74) is 1.05. The summed E-state index contributed by atoms with van der Waals surface area (Å²) in [7, 11) is 0. The summed E-state index contributed by atoms with van der Waals surface area (Å²) in [4.78, 5) is 16.2. The lowest BCUT2D eigenvalue weighted by Gasteiger charge is -2.12. The molecule has 1 aromatic carbocycles. The Morgan fingerprint density at radius 1 is 1.38 bits per heavy atom. The van der Waals surface area contributed by atoms with Crippen molar-refractivity contribution in [3.05, 3.63) is 52.6 Å². The third kappa shape index (κ3) is 4.08. The maximum Gasteiger partial charge on any atom is 0.293 e. The number of hydrogen-bond donors (Lipinski definition) is 1. The molecule has 0 bridgehead atoms. The van der Waals surface area contributed by atoms with Crippen LogP contribution >= 0.6 is 0 Å². The quantitative estimate of drug-likeness (QED) is 0.830. The number of benzene rings is 1. The number of aryl methyl sites for hydroxylation is 1. The lowest BCUT2D eigenvalue weighted by Crippen LogP contribution is -2.27. The van der Waals surface area contributed by atoms with Gasteiger partial charge in [0.15, 0.2) is 5.82 Å². The molecule has 1 N–H and O–H groups in total. The molecule has 0 radical (unpaired) electrons. The Bertz CT molecular complexity index is 650. The molecule has 1 heterocycles. The first-order valence-corrected chi connectivity index (χ1v) is 7.08. The fourth-order valence-corrected chi connectivity index (χ4v) is 2.00. The highest BCUT2D eigenvalue weighted by Gasteiger charge is 2.06. The van der Waals surface area contributed by atoms with Crippen molar-refractivity contribution >= 4 is 5.82 Å². The minimum Gasteiger partial charge on any atom is -0.492 e. The number of anilines is 1. The monoisotopic (exact) mass is 287 g/mol. The van der Waals surface area contributed by atoms with Crippen LogP contribution in [-0.4, -0.2) is 22.7 Å². The van der Waals surface area contributed by atoms with Crippen LogP contribution in [0.25, 0.3) is 0 Å². The fourth-order valence-electron chi connectivity index (χ4n) is 2.00. The van der Waals surface area contributed by atoms with Crippen molar-refractivity contribution in [2.24, 2.45) is 0 Å². The molecule has 0 saturated carbocycles. The molecule has 0 unspecified atom stereocenters. The predicted octanol–water partition coefficient (Wildman–Crippen LogP) is 2.62. The summed E-state index contributed by atoms with van der Waals surface area (Å²) in [5.74, 6) is 1.19. The molecular weight excluding hydrogens is 266 g/mol. The molecule has 5 heteroatoms. The maximum atomic E-state index is 12.1. The van der Waals surface area contributed by atoms with Gasteiger partial charge in [0.1, 0.15) is 12.4 Å². The normalized spacial score (nSPS) is 10.7. The van der Waals surface area contributed by atoms with Crippen molar-refractivity contribution in [3.63, 3.8) is 0 Å². The van der Waals surface area contributed by atoms with E-state index in [1.807, 2.05) is 45.0 Å². The Morgan fingerprint density at radius 3 is 2.90 bits per heavy atom. The summed E-state index contributed by atoms with van der Waals surface area (Å²) < 4.78 is 7.28. The van der Waals surface area contributed by atoms with Crippen LogP contribution in [0.15, 0.2) is 41.5 Å². The molecule has 0 atom stereocenters. The van der Waals surface area contributed by atoms with Gasteiger partial charge >= 0.3 is 0 Å². The first-order valence-electron chi connectivity index (χ1n) is 7.08. The van der Waals surface area contributed by atoms with Crippen molar-refractivity contribution in [1.29, 1.82) is 0 Å². The van der Waals surface area contributed by atoms with Crippen LogP contribution in [0.2, 0.25) is 0 Å². The third-order valence-corrected chi connectivity index (χ3v) is 3.08. The molecule has 1 aromatic heterocycles. The van der Waals surface area contributed by atoms with Crippen LogP contribution in [0.5, 0.6) is 5.75 Å². The highest BCUT2D eigenvalue weighted by Crippen LogP contribution is 2.11. The van der Waals surface area contributed by atoms with E-state index >= 15 is 0 Å². The van der Waals surface area contributed by atoms with E-state index in [2.05, 4.69) is 10.3 Å². The topological polar surface area (TPSA) is 56.1 Å². The molecular formula is C16H21N3O2. The van der Waals surface area contributed by atoms with Gasteiger partial charge in [-0.15, -0.1) is 0 Å². The van der Waals surface area contributed by atoms with Gasteiger partial charge in [-0.05, 0) is 38.5 Å². The summed E-state index contributed by atoms with van der Waals surface area (Å²) in [6.45, 7) is 6.95. The molecule has 0 aliphatic heterocycles. The largest absolute Gasteiger partial charge is 0.492 e. The van der Waals surface area contributed by atoms with Gasteiger partial charge in [-0.2, -0.15) is 0 Å². The summed E-state index contributed by atoms with van der Waals surface area (Å²) in [6, 6.07) is 7.99. The van der Waals surface area contributed by atoms with E-state index in [4.69, 9.17) is 4.74 Å². The first kappa shape index (κ1) is 15.1. The van der Waals surface area contributed by atoms with Crippen LogP contribution in [0, 0.1) is 6.92 Å². The molecule has 21 heavy (non-hydrogen) atoms. The molecule has 2 rings (SSSR count). The van der Waals surface area contributed by atoms with Crippen molar-refractivity contribution in [3.8, 4) is 5.75 Å². The van der Waals surface area contributed by atoms with E-state index < -0.39 is 0 Å². The fraction of sp³-hybridized carbons (Fsp3) is 0.375. The summed E-state index contributed by atoms with van der Waals surface area (Å²) >= 11 is 0. The lowest BCUT2D eigenvalue weighted by atomic mass is 10.2. The van der Waals surface area contributed by atoms with E-state index in [1.165, 1.54) is 0 Å². The van der Waals surface area contributed by atoms with Crippen molar-refractivity contribution in [2.45, 2.75) is 26.8 Å². The molecule has 0 amide bonds. The van der Waals surface area contributed by atoms with Gasteiger partial charge in [-0.3, -0.25) is 4.79 Å². The van der Waals surface area contributed by atoms with E-state index in [0.717, 1.165) is 11.3 Å². The number of hydrogen-bond acceptors (Lipinski definition) is 4. The molecule has 0 aliphatic rings. The molecule has 5 nitrogen and oxygen atoms in total. The van der Waals surface area contributed by atoms with Crippen LogP contribution in [0.4, 0.5) is 5.82 Å². The standard InChI is InChI=1S/C16H21N3O2/c1-12(2)19-9-7-17-15(16(19)20)18-8-10-21-14-6-4-5-13(3)11-14/h4-7,9,11-12H,8,10H2,1-3H3,(H,17,18). The number of aromatic nitrogens is 2. The lowest BCUT2D eigenvalue weighted by molar-refractivity contribution is 0.332. The molecule has 2 aromatic rings. The highest BCUT2D eigenvalue weighted by atomic mass is 16.5. The van der Waals surface area contributed by atoms with Gasteiger partial charge in [-0.1, -0.05) is 12.1 Å². The molecule has 112 valence electrons. The first-order chi connectivity index (χ1) is 10.1. The van der Waals surface area contributed by atoms with Gasteiger partial charge in [0.25, 0.3) is 5.56 Å². The third-order valence-electron chi connectivity index (χ3n) is 3.08. The minimum atomic E-state index is -0.108.